The van der Waals surface area contributed by atoms with Crippen LogP contribution in [0.2, 0.25) is 0 Å². The highest BCUT2D eigenvalue weighted by atomic mass is 32.1. The van der Waals surface area contributed by atoms with E-state index in [2.05, 4.69) is 36.6 Å². The molecule has 0 aliphatic heterocycles. The molecule has 2 aromatic heterocycles. The van der Waals surface area contributed by atoms with Crippen molar-refractivity contribution in [1.82, 2.24) is 5.16 Å². The van der Waals surface area contributed by atoms with Crippen molar-refractivity contribution in [3.05, 3.63) is 76.7 Å². The Hall–Kier alpha value is -3.58. The fraction of sp³-hybridized carbons (Fsp3) is 0.200. The second kappa shape index (κ2) is 8.88. The summed E-state index contributed by atoms with van der Waals surface area (Å²) in [4.78, 5) is 13.3. The Bertz CT molecular complexity index is 1200. The Morgan fingerprint density at radius 2 is 1.66 bits per heavy atom. The summed E-state index contributed by atoms with van der Waals surface area (Å²) in [7, 11) is 1.64. The number of ether oxygens (including phenoxy) is 1. The lowest BCUT2D eigenvalue weighted by Gasteiger charge is -2.12. The van der Waals surface area contributed by atoms with Gasteiger partial charge in [-0.15, -0.1) is 11.3 Å². The van der Waals surface area contributed by atoms with E-state index in [1.165, 1.54) is 11.3 Å². The molecule has 7 heteroatoms. The summed E-state index contributed by atoms with van der Waals surface area (Å²) in [5, 5.41) is 12.2. The third kappa shape index (κ3) is 5.00. The van der Waals surface area contributed by atoms with Gasteiger partial charge in [-0.05, 0) is 59.0 Å². The minimum absolute atomic E-state index is 0.101. The van der Waals surface area contributed by atoms with Crippen molar-refractivity contribution in [2.75, 3.05) is 17.7 Å². The number of amides is 1. The number of hydrogen-bond donors (Lipinski definition) is 2. The number of nitrogens with one attached hydrogen (secondary N) is 2. The van der Waals surface area contributed by atoms with Gasteiger partial charge in [0.05, 0.1) is 12.0 Å². The van der Waals surface area contributed by atoms with Gasteiger partial charge in [0.15, 0.2) is 5.82 Å². The number of carbonyl (C=O) groups is 1. The maximum absolute atomic E-state index is 12.7. The Balaban J connectivity index is 1.38. The van der Waals surface area contributed by atoms with Crippen LogP contribution in [0.4, 0.5) is 17.2 Å². The summed E-state index contributed by atoms with van der Waals surface area (Å²) in [6, 6.07) is 19.0. The smallest absolute Gasteiger partial charge is 0.265 e. The van der Waals surface area contributed by atoms with Crippen LogP contribution in [0.15, 0.2) is 70.6 Å². The molecule has 0 spiro atoms. The molecule has 2 N–H and O–H groups in total. The van der Waals surface area contributed by atoms with Gasteiger partial charge in [0.25, 0.3) is 5.91 Å². The topological polar surface area (TPSA) is 76.4 Å². The van der Waals surface area contributed by atoms with Crippen molar-refractivity contribution >= 4 is 34.4 Å². The first-order valence-electron chi connectivity index (χ1n) is 10.2. The molecule has 0 bridgehead atoms. The molecule has 0 saturated carbocycles. The number of carbonyl (C=O) groups excluding carboxylic acids is 1. The molecule has 32 heavy (non-hydrogen) atoms. The average Bonchev–Trinajstić information content (AvgIpc) is 3.45. The number of nitrogens with zero attached hydrogens (tertiary/aromatic N) is 1. The van der Waals surface area contributed by atoms with Crippen molar-refractivity contribution in [2.24, 2.45) is 0 Å². The molecule has 0 fully saturated rings. The number of benzene rings is 2. The Morgan fingerprint density at radius 3 is 2.28 bits per heavy atom. The van der Waals surface area contributed by atoms with E-state index in [0.717, 1.165) is 34.0 Å². The Morgan fingerprint density at radius 1 is 0.969 bits per heavy atom. The molecule has 2 heterocycles. The summed E-state index contributed by atoms with van der Waals surface area (Å²) in [5.74, 6) is 2.13. The fourth-order valence-electron chi connectivity index (χ4n) is 3.06. The summed E-state index contributed by atoms with van der Waals surface area (Å²) in [6.45, 7) is 6.22. The molecular weight excluding hydrogens is 422 g/mol. The predicted octanol–water partition coefficient (Wildman–Crippen LogP) is 6.71. The van der Waals surface area contributed by atoms with Crippen molar-refractivity contribution in [3.63, 3.8) is 0 Å². The molecule has 6 nitrogen and oxygen atoms in total. The largest absolute Gasteiger partial charge is 0.497 e. The molecule has 2 aromatic carbocycles. The monoisotopic (exact) mass is 447 g/mol. The van der Waals surface area contributed by atoms with E-state index in [4.69, 9.17) is 9.26 Å². The van der Waals surface area contributed by atoms with Crippen molar-refractivity contribution in [2.45, 2.75) is 26.2 Å². The zero-order valence-electron chi connectivity index (χ0n) is 18.4. The minimum Gasteiger partial charge on any atom is -0.497 e. The highest BCUT2D eigenvalue weighted by Gasteiger charge is 2.19. The number of thiophene rings is 1. The van der Waals surface area contributed by atoms with Crippen LogP contribution in [-0.4, -0.2) is 18.2 Å². The van der Waals surface area contributed by atoms with E-state index < -0.39 is 0 Å². The molecule has 4 aromatic rings. The fourth-order valence-corrected chi connectivity index (χ4v) is 3.87. The lowest BCUT2D eigenvalue weighted by Crippen LogP contribution is -2.10. The molecule has 164 valence electrons. The number of anilines is 3. The van der Waals surface area contributed by atoms with E-state index in [0.29, 0.717) is 10.7 Å². The van der Waals surface area contributed by atoms with Gasteiger partial charge in [0, 0.05) is 22.9 Å². The van der Waals surface area contributed by atoms with Gasteiger partial charge in [-0.1, -0.05) is 38.1 Å². The molecule has 0 radical (unpaired) electrons. The van der Waals surface area contributed by atoms with Crippen molar-refractivity contribution in [1.29, 1.82) is 0 Å². The van der Waals surface area contributed by atoms with Crippen LogP contribution in [0.1, 0.15) is 36.2 Å². The predicted molar refractivity (Wildman–Crippen MR) is 129 cm³/mol. The van der Waals surface area contributed by atoms with Gasteiger partial charge in [-0.25, -0.2) is 0 Å². The second-order valence-corrected chi connectivity index (χ2v) is 9.32. The zero-order valence-corrected chi connectivity index (χ0v) is 19.2. The summed E-state index contributed by atoms with van der Waals surface area (Å²) >= 11 is 1.42. The van der Waals surface area contributed by atoms with Gasteiger partial charge in [-0.2, -0.15) is 0 Å². The van der Waals surface area contributed by atoms with Crippen LogP contribution in [0.5, 0.6) is 5.75 Å². The van der Waals surface area contributed by atoms with Crippen molar-refractivity contribution < 1.29 is 14.1 Å². The minimum atomic E-state index is -0.137. The van der Waals surface area contributed by atoms with E-state index in [-0.39, 0.29) is 11.3 Å². The molecule has 0 aliphatic carbocycles. The normalized spacial score (nSPS) is 11.2. The maximum atomic E-state index is 12.7. The highest BCUT2D eigenvalue weighted by molar-refractivity contribution is 7.12. The molecule has 1 amide bonds. The third-order valence-corrected chi connectivity index (χ3v) is 5.84. The van der Waals surface area contributed by atoms with E-state index in [1.807, 2.05) is 66.0 Å². The highest BCUT2D eigenvalue weighted by Crippen LogP contribution is 2.29. The first-order chi connectivity index (χ1) is 15.3. The van der Waals surface area contributed by atoms with E-state index in [9.17, 15) is 4.79 Å². The quantitative estimate of drug-likeness (QED) is 0.344. The van der Waals surface area contributed by atoms with E-state index in [1.54, 1.807) is 7.11 Å². The molecule has 0 atom stereocenters. The van der Waals surface area contributed by atoms with Gasteiger partial charge in [0.2, 0.25) is 0 Å². The van der Waals surface area contributed by atoms with Gasteiger partial charge >= 0.3 is 0 Å². The van der Waals surface area contributed by atoms with Crippen LogP contribution < -0.4 is 15.4 Å². The van der Waals surface area contributed by atoms with Crippen LogP contribution in [0, 0.1) is 0 Å². The Kier molecular flexibility index (Phi) is 6.01. The number of methoxy groups -OCH3 is 1. The van der Waals surface area contributed by atoms with Gasteiger partial charge < -0.3 is 19.9 Å². The lowest BCUT2D eigenvalue weighted by atomic mass is 9.93. The average molecular weight is 448 g/mol. The third-order valence-electron chi connectivity index (χ3n) is 4.91. The second-order valence-electron chi connectivity index (χ2n) is 8.41. The zero-order chi connectivity index (χ0) is 22.7. The van der Waals surface area contributed by atoms with E-state index >= 15 is 0 Å². The standard InChI is InChI=1S/C25H25N3O3S/c1-25(2,3)22-14-23(28-31-22)26-18-7-9-19(10-8-18)27-24(29)21-13-17(15-32-21)16-5-11-20(30-4)12-6-16/h5-15H,1-4H3,(H,26,28)(H,27,29). The SMILES string of the molecule is COc1ccc(-c2csc(C(=O)Nc3ccc(Nc4cc(C(C)(C)C)on4)cc3)c2)cc1. The van der Waals surface area contributed by atoms with Gasteiger partial charge in [-0.3, -0.25) is 4.79 Å². The molecule has 0 unspecified atom stereocenters. The Labute approximate surface area is 191 Å². The van der Waals surface area contributed by atoms with Gasteiger partial charge in [0.1, 0.15) is 11.5 Å². The van der Waals surface area contributed by atoms with Crippen LogP contribution in [0.25, 0.3) is 11.1 Å². The maximum Gasteiger partial charge on any atom is 0.265 e. The first-order valence-corrected chi connectivity index (χ1v) is 11.1. The van der Waals surface area contributed by atoms with Crippen molar-refractivity contribution in [3.8, 4) is 16.9 Å². The summed E-state index contributed by atoms with van der Waals surface area (Å²) in [6.07, 6.45) is 0. The van der Waals surface area contributed by atoms with Crippen LogP contribution >= 0.6 is 11.3 Å². The molecule has 0 saturated heterocycles. The number of aromatic nitrogens is 1. The molecule has 0 aliphatic rings. The summed E-state index contributed by atoms with van der Waals surface area (Å²) in [5.41, 5.74) is 3.52. The molecule has 4 rings (SSSR count). The first kappa shape index (κ1) is 21.6. The lowest BCUT2D eigenvalue weighted by molar-refractivity contribution is 0.103. The summed E-state index contributed by atoms with van der Waals surface area (Å²) < 4.78 is 10.6. The van der Waals surface area contributed by atoms with Crippen LogP contribution in [-0.2, 0) is 5.41 Å². The molecular formula is C25H25N3O3S. The van der Waals surface area contributed by atoms with Crippen LogP contribution in [0.3, 0.4) is 0 Å². The number of hydrogen-bond acceptors (Lipinski definition) is 6. The number of rotatable bonds is 6.